The van der Waals surface area contributed by atoms with E-state index in [4.69, 9.17) is 0 Å². The molecule has 1 saturated heterocycles. The number of likely N-dealkylation sites (tertiary alicyclic amines) is 1. The molecule has 0 aromatic carbocycles. The van der Waals surface area contributed by atoms with Crippen LogP contribution in [-0.4, -0.2) is 46.6 Å². The molecule has 1 aliphatic carbocycles. The molecule has 3 N–H and O–H groups in total. The monoisotopic (exact) mass is 305 g/mol. The van der Waals surface area contributed by atoms with E-state index in [2.05, 4.69) is 25.5 Å². The summed E-state index contributed by atoms with van der Waals surface area (Å²) in [6.07, 6.45) is 7.82. The van der Waals surface area contributed by atoms with Crippen molar-refractivity contribution < 1.29 is 4.79 Å². The summed E-state index contributed by atoms with van der Waals surface area (Å²) in [6, 6.07) is 0.401. The van der Waals surface area contributed by atoms with Crippen molar-refractivity contribution in [3.8, 4) is 0 Å². The van der Waals surface area contributed by atoms with Gasteiger partial charge in [-0.3, -0.25) is 4.90 Å². The first-order valence-electron chi connectivity index (χ1n) is 8.46. The molecular formula is C16H27N5O. The summed E-state index contributed by atoms with van der Waals surface area (Å²) in [4.78, 5) is 21.8. The summed E-state index contributed by atoms with van der Waals surface area (Å²) in [5.41, 5.74) is 1.17. The lowest BCUT2D eigenvalue weighted by Crippen LogP contribution is -2.42. The fourth-order valence-electron chi connectivity index (χ4n) is 3.56. The Morgan fingerprint density at radius 3 is 2.95 bits per heavy atom. The SMILES string of the molecule is Cc1ncc(CN2CC[C@@H](CNC(=O)NC3CCCC3)C2)[nH]1. The molecule has 2 fully saturated rings. The molecule has 1 aliphatic heterocycles. The van der Waals surface area contributed by atoms with E-state index in [9.17, 15) is 4.79 Å². The lowest BCUT2D eigenvalue weighted by molar-refractivity contribution is 0.234. The number of carbonyl (C=O) groups is 1. The largest absolute Gasteiger partial charge is 0.345 e. The zero-order valence-corrected chi connectivity index (χ0v) is 13.4. The Labute approximate surface area is 132 Å². The second kappa shape index (κ2) is 7.13. The first-order valence-corrected chi connectivity index (χ1v) is 8.46. The highest BCUT2D eigenvalue weighted by molar-refractivity contribution is 5.74. The summed E-state index contributed by atoms with van der Waals surface area (Å²) >= 11 is 0. The van der Waals surface area contributed by atoms with E-state index in [-0.39, 0.29) is 6.03 Å². The van der Waals surface area contributed by atoms with Crippen LogP contribution in [0.3, 0.4) is 0 Å². The van der Waals surface area contributed by atoms with Crippen molar-refractivity contribution in [3.05, 3.63) is 17.7 Å². The number of amides is 2. The van der Waals surface area contributed by atoms with Gasteiger partial charge >= 0.3 is 6.03 Å². The molecule has 6 nitrogen and oxygen atoms in total. The van der Waals surface area contributed by atoms with Gasteiger partial charge in [0.05, 0.1) is 0 Å². The number of H-pyrrole nitrogens is 1. The Morgan fingerprint density at radius 2 is 2.23 bits per heavy atom. The zero-order valence-electron chi connectivity index (χ0n) is 13.4. The van der Waals surface area contributed by atoms with Crippen LogP contribution in [0.5, 0.6) is 0 Å². The van der Waals surface area contributed by atoms with Crippen molar-refractivity contribution >= 4 is 6.03 Å². The van der Waals surface area contributed by atoms with E-state index in [1.807, 2.05) is 13.1 Å². The number of nitrogens with one attached hydrogen (secondary N) is 3. The van der Waals surface area contributed by atoms with Gasteiger partial charge in [0.2, 0.25) is 0 Å². The van der Waals surface area contributed by atoms with Crippen molar-refractivity contribution in [2.75, 3.05) is 19.6 Å². The molecule has 1 atom stereocenters. The average molecular weight is 305 g/mol. The Balaban J connectivity index is 1.35. The van der Waals surface area contributed by atoms with Crippen LogP contribution >= 0.6 is 0 Å². The Morgan fingerprint density at radius 1 is 1.41 bits per heavy atom. The molecule has 3 rings (SSSR count). The van der Waals surface area contributed by atoms with Gasteiger partial charge in [-0.1, -0.05) is 12.8 Å². The minimum atomic E-state index is 0.00884. The number of imidazole rings is 1. The summed E-state index contributed by atoms with van der Waals surface area (Å²) in [5, 5.41) is 6.12. The molecule has 2 aliphatic rings. The molecule has 1 aromatic rings. The van der Waals surface area contributed by atoms with Gasteiger partial charge in [0.15, 0.2) is 0 Å². The molecule has 0 radical (unpaired) electrons. The van der Waals surface area contributed by atoms with Crippen molar-refractivity contribution in [3.63, 3.8) is 0 Å². The highest BCUT2D eigenvalue weighted by Gasteiger charge is 2.24. The minimum absolute atomic E-state index is 0.00884. The van der Waals surface area contributed by atoms with Crippen LogP contribution in [0.4, 0.5) is 4.79 Å². The first-order chi connectivity index (χ1) is 10.7. The lowest BCUT2D eigenvalue weighted by atomic mass is 10.1. The number of aryl methyl sites for hydroxylation is 1. The molecule has 2 amide bonds. The number of rotatable bonds is 5. The molecular weight excluding hydrogens is 278 g/mol. The number of hydrogen-bond donors (Lipinski definition) is 3. The second-order valence-electron chi connectivity index (χ2n) is 6.72. The third kappa shape index (κ3) is 4.22. The summed E-state index contributed by atoms with van der Waals surface area (Å²) < 4.78 is 0. The van der Waals surface area contributed by atoms with E-state index in [0.717, 1.165) is 51.3 Å². The molecule has 0 spiro atoms. The van der Waals surface area contributed by atoms with E-state index < -0.39 is 0 Å². The maximum Gasteiger partial charge on any atom is 0.315 e. The van der Waals surface area contributed by atoms with Gasteiger partial charge in [0.25, 0.3) is 0 Å². The van der Waals surface area contributed by atoms with Crippen LogP contribution in [0.2, 0.25) is 0 Å². The number of aromatic amines is 1. The third-order valence-corrected chi connectivity index (χ3v) is 4.76. The third-order valence-electron chi connectivity index (χ3n) is 4.76. The smallest absolute Gasteiger partial charge is 0.315 e. The summed E-state index contributed by atoms with van der Waals surface area (Å²) in [5.74, 6) is 1.52. The van der Waals surface area contributed by atoms with Gasteiger partial charge in [0, 0.05) is 37.6 Å². The zero-order chi connectivity index (χ0) is 15.4. The molecule has 2 heterocycles. The van der Waals surface area contributed by atoms with Gasteiger partial charge < -0.3 is 15.6 Å². The molecule has 1 saturated carbocycles. The topological polar surface area (TPSA) is 73.1 Å². The Hall–Kier alpha value is -1.56. The van der Waals surface area contributed by atoms with Crippen molar-refractivity contribution in [1.82, 2.24) is 25.5 Å². The molecule has 122 valence electrons. The predicted octanol–water partition coefficient (Wildman–Crippen LogP) is 1.78. The van der Waals surface area contributed by atoms with Crippen molar-refractivity contribution in [2.45, 2.75) is 51.6 Å². The maximum atomic E-state index is 11.9. The fraction of sp³-hybridized carbons (Fsp3) is 0.750. The number of aromatic nitrogens is 2. The quantitative estimate of drug-likeness (QED) is 0.776. The molecule has 0 bridgehead atoms. The molecule has 6 heteroatoms. The molecule has 22 heavy (non-hydrogen) atoms. The maximum absolute atomic E-state index is 11.9. The van der Waals surface area contributed by atoms with Crippen molar-refractivity contribution in [2.24, 2.45) is 5.92 Å². The number of hydrogen-bond acceptors (Lipinski definition) is 3. The van der Waals surface area contributed by atoms with Crippen LogP contribution in [0, 0.1) is 12.8 Å². The first kappa shape index (κ1) is 15.3. The Kier molecular flexibility index (Phi) is 4.97. The van der Waals surface area contributed by atoms with E-state index in [1.54, 1.807) is 0 Å². The molecule has 0 unspecified atom stereocenters. The summed E-state index contributed by atoms with van der Waals surface area (Å²) in [7, 11) is 0. The average Bonchev–Trinajstić information content (AvgIpc) is 3.21. The second-order valence-corrected chi connectivity index (χ2v) is 6.72. The molecule has 1 aromatic heterocycles. The van der Waals surface area contributed by atoms with Crippen LogP contribution < -0.4 is 10.6 Å². The van der Waals surface area contributed by atoms with Gasteiger partial charge in [-0.25, -0.2) is 9.78 Å². The number of urea groups is 1. The van der Waals surface area contributed by atoms with E-state index in [1.165, 1.54) is 18.5 Å². The minimum Gasteiger partial charge on any atom is -0.345 e. The van der Waals surface area contributed by atoms with Gasteiger partial charge in [-0.15, -0.1) is 0 Å². The van der Waals surface area contributed by atoms with Crippen LogP contribution in [0.25, 0.3) is 0 Å². The highest BCUT2D eigenvalue weighted by atomic mass is 16.2. The fourth-order valence-corrected chi connectivity index (χ4v) is 3.56. The number of nitrogens with zero attached hydrogens (tertiary/aromatic N) is 2. The lowest BCUT2D eigenvalue weighted by Gasteiger charge is -2.17. The Bertz CT molecular complexity index is 494. The van der Waals surface area contributed by atoms with Crippen LogP contribution in [0.15, 0.2) is 6.20 Å². The van der Waals surface area contributed by atoms with Crippen molar-refractivity contribution in [1.29, 1.82) is 0 Å². The predicted molar refractivity (Wildman–Crippen MR) is 85.5 cm³/mol. The van der Waals surface area contributed by atoms with E-state index in [0.29, 0.717) is 12.0 Å². The van der Waals surface area contributed by atoms with Gasteiger partial charge in [0.1, 0.15) is 5.82 Å². The van der Waals surface area contributed by atoms with Crippen LogP contribution in [-0.2, 0) is 6.54 Å². The van der Waals surface area contributed by atoms with Gasteiger partial charge in [-0.05, 0) is 38.6 Å². The number of carbonyl (C=O) groups excluding carboxylic acids is 1. The standard InChI is InChI=1S/C16H27N5O/c1-12-17-9-15(19-12)11-21-7-6-13(10-21)8-18-16(22)20-14-4-2-3-5-14/h9,13-14H,2-8,10-11H2,1H3,(H,17,19)(H2,18,20,22)/t13-/m0/s1. The van der Waals surface area contributed by atoms with Gasteiger partial charge in [-0.2, -0.15) is 0 Å². The van der Waals surface area contributed by atoms with E-state index >= 15 is 0 Å². The normalized spacial score (nSPS) is 23.0. The van der Waals surface area contributed by atoms with Crippen LogP contribution in [0.1, 0.15) is 43.6 Å². The highest BCUT2D eigenvalue weighted by Crippen LogP contribution is 2.18. The summed E-state index contributed by atoms with van der Waals surface area (Å²) in [6.45, 7) is 5.81.